The molecule has 0 aliphatic carbocycles. The SMILES string of the molecule is CC[Si](CC)(CC)O[C@H]1[C@H](OC(C)=O)[C@@H]([C@H](COC(C)=O)OC(C)=O)O[C@H](OC)[C@H]1O[C@H]1O[C@H](COC(C)=O)[C@@H](OCc2ccccc2)[C@H](OCc2ccccc2)[C@H]1N=[N+]=[N-]. The van der Waals surface area contributed by atoms with E-state index in [9.17, 15) is 24.7 Å². The quantitative estimate of drug-likeness (QED) is 0.0346. The van der Waals surface area contributed by atoms with Crippen molar-refractivity contribution in [3.05, 3.63) is 82.2 Å². The summed E-state index contributed by atoms with van der Waals surface area (Å²) in [5, 5.41) is 4.16. The zero-order chi connectivity index (χ0) is 44.5. The lowest BCUT2D eigenvalue weighted by molar-refractivity contribution is -0.357. The van der Waals surface area contributed by atoms with E-state index in [-0.39, 0.29) is 19.8 Å². The maximum atomic E-state index is 12.9. The third-order valence-electron chi connectivity index (χ3n) is 10.6. The lowest BCUT2D eigenvalue weighted by Gasteiger charge is -2.51. The van der Waals surface area contributed by atoms with Crippen molar-refractivity contribution in [3.63, 3.8) is 0 Å². The summed E-state index contributed by atoms with van der Waals surface area (Å²) in [5.41, 5.74) is 11.7. The van der Waals surface area contributed by atoms with Crippen LogP contribution in [0.5, 0.6) is 0 Å². The van der Waals surface area contributed by atoms with Crippen LogP contribution in [0.2, 0.25) is 18.1 Å². The molecular weight excluding hydrogens is 815 g/mol. The van der Waals surface area contributed by atoms with Gasteiger partial charge in [-0.3, -0.25) is 19.2 Å². The second-order valence-corrected chi connectivity index (χ2v) is 19.4. The van der Waals surface area contributed by atoms with Gasteiger partial charge in [-0.05, 0) is 34.8 Å². The van der Waals surface area contributed by atoms with Crippen molar-refractivity contribution in [1.29, 1.82) is 0 Å². The van der Waals surface area contributed by atoms with Crippen molar-refractivity contribution >= 4 is 32.2 Å². The predicted octanol–water partition coefficient (Wildman–Crippen LogP) is 5.70. The van der Waals surface area contributed by atoms with Crippen LogP contribution >= 0.6 is 0 Å². The van der Waals surface area contributed by atoms with Crippen LogP contribution in [0.15, 0.2) is 65.8 Å². The number of methoxy groups -OCH3 is 1. The molecular formula is C42H59N3O15Si. The standard InChI is InChI=1S/C42H59N3O15Si/c1-9-61(10-2,11-3)60-39-38(56-29(7)49)36(33(55-28(6)48)25-52-27(5)47)58-42(50-8)40(39)59-41-34(44-45-43)37(54-23-31-20-16-13-17-21-31)35(32(57-41)24-51-26(4)46)53-22-30-18-14-12-15-19-30/h12-21,32-42H,9-11,22-25H2,1-8H3/t32-,33+,34-,35-,36-,37-,38-,39+,40+,41-,42+/m1/s1. The molecule has 2 saturated heterocycles. The number of ether oxygens (including phenoxy) is 10. The van der Waals surface area contributed by atoms with Gasteiger partial charge in [0.15, 0.2) is 33.1 Å². The molecule has 61 heavy (non-hydrogen) atoms. The lowest BCUT2D eigenvalue weighted by Crippen LogP contribution is -2.68. The number of benzene rings is 2. The fourth-order valence-electron chi connectivity index (χ4n) is 7.43. The molecule has 19 heteroatoms. The van der Waals surface area contributed by atoms with Crippen molar-refractivity contribution in [2.75, 3.05) is 20.3 Å². The Bertz CT molecular complexity index is 1740. The molecule has 336 valence electrons. The molecule has 2 heterocycles. The van der Waals surface area contributed by atoms with E-state index in [2.05, 4.69) is 10.0 Å². The van der Waals surface area contributed by atoms with Crippen LogP contribution in [-0.2, 0) is 84.2 Å². The number of azide groups is 1. The first kappa shape index (κ1) is 49.2. The molecule has 4 rings (SSSR count). The van der Waals surface area contributed by atoms with Gasteiger partial charge in [0.2, 0.25) is 0 Å². The van der Waals surface area contributed by atoms with Gasteiger partial charge in [-0.15, -0.1) is 0 Å². The molecule has 0 radical (unpaired) electrons. The van der Waals surface area contributed by atoms with Crippen molar-refractivity contribution in [1.82, 2.24) is 0 Å². The highest BCUT2D eigenvalue weighted by Crippen LogP contribution is 2.39. The van der Waals surface area contributed by atoms with Gasteiger partial charge in [-0.25, -0.2) is 0 Å². The van der Waals surface area contributed by atoms with E-state index in [0.717, 1.165) is 11.1 Å². The topological polar surface area (TPSA) is 219 Å². The van der Waals surface area contributed by atoms with Gasteiger partial charge in [-0.1, -0.05) is 86.5 Å². The van der Waals surface area contributed by atoms with Gasteiger partial charge in [0.25, 0.3) is 0 Å². The molecule has 2 aromatic carbocycles. The Morgan fingerprint density at radius 1 is 0.721 bits per heavy atom. The molecule has 0 bridgehead atoms. The third-order valence-corrected chi connectivity index (χ3v) is 15.3. The zero-order valence-corrected chi connectivity index (χ0v) is 37.0. The highest BCUT2D eigenvalue weighted by molar-refractivity contribution is 6.73. The Hall–Kier alpha value is -4.43. The van der Waals surface area contributed by atoms with Crippen LogP contribution in [0.4, 0.5) is 0 Å². The summed E-state index contributed by atoms with van der Waals surface area (Å²) in [6, 6.07) is 19.4. The van der Waals surface area contributed by atoms with Gasteiger partial charge in [0.05, 0.1) is 13.2 Å². The second-order valence-electron chi connectivity index (χ2n) is 14.7. The molecule has 11 atom stereocenters. The Kier molecular flexibility index (Phi) is 19.6. The molecule has 0 N–H and O–H groups in total. The van der Waals surface area contributed by atoms with E-state index in [1.165, 1.54) is 34.8 Å². The van der Waals surface area contributed by atoms with E-state index in [4.69, 9.17) is 51.8 Å². The summed E-state index contributed by atoms with van der Waals surface area (Å²) in [5.74, 6) is -2.67. The minimum Gasteiger partial charge on any atom is -0.463 e. The van der Waals surface area contributed by atoms with Crippen molar-refractivity contribution in [2.24, 2.45) is 5.11 Å². The Labute approximate surface area is 357 Å². The van der Waals surface area contributed by atoms with Crippen LogP contribution in [0.3, 0.4) is 0 Å². The van der Waals surface area contributed by atoms with Crippen LogP contribution in [0, 0.1) is 0 Å². The summed E-state index contributed by atoms with van der Waals surface area (Å²) in [6.07, 6.45) is -12.3. The highest BCUT2D eigenvalue weighted by atomic mass is 28.4. The Balaban J connectivity index is 1.86. The first-order chi connectivity index (χ1) is 29.3. The summed E-state index contributed by atoms with van der Waals surface area (Å²) < 4.78 is 68.3. The number of rotatable bonds is 22. The summed E-state index contributed by atoms with van der Waals surface area (Å²) in [7, 11) is -1.31. The van der Waals surface area contributed by atoms with Crippen LogP contribution in [-0.4, -0.2) is 120 Å². The molecule has 0 saturated carbocycles. The number of esters is 4. The highest BCUT2D eigenvalue weighted by Gasteiger charge is 2.57. The first-order valence-corrected chi connectivity index (χ1v) is 22.9. The number of carbonyl (C=O) groups excluding carboxylic acids is 4. The minimum atomic E-state index is -2.67. The molecule has 2 fully saturated rings. The summed E-state index contributed by atoms with van der Waals surface area (Å²) in [6.45, 7) is 10.3. The second kappa shape index (κ2) is 24.3. The van der Waals surface area contributed by atoms with E-state index in [1.54, 1.807) is 0 Å². The number of hydrogen-bond acceptors (Lipinski definition) is 16. The van der Waals surface area contributed by atoms with E-state index < -0.39 is 106 Å². The van der Waals surface area contributed by atoms with Gasteiger partial charge in [0.1, 0.15) is 55.9 Å². The average molecular weight is 874 g/mol. The summed E-state index contributed by atoms with van der Waals surface area (Å²) >= 11 is 0. The molecule has 2 aromatic rings. The number of hydrogen-bond donors (Lipinski definition) is 0. The largest absolute Gasteiger partial charge is 0.463 e. The predicted molar refractivity (Wildman–Crippen MR) is 219 cm³/mol. The maximum absolute atomic E-state index is 12.9. The molecule has 0 spiro atoms. The van der Waals surface area contributed by atoms with E-state index >= 15 is 0 Å². The van der Waals surface area contributed by atoms with E-state index in [1.807, 2.05) is 81.4 Å². The molecule has 0 unspecified atom stereocenters. The molecule has 18 nitrogen and oxygen atoms in total. The molecule has 2 aliphatic heterocycles. The number of carbonyl (C=O) groups is 4. The Morgan fingerprint density at radius 3 is 1.79 bits per heavy atom. The fraction of sp³-hybridized carbons (Fsp3) is 0.619. The molecule has 2 aliphatic rings. The van der Waals surface area contributed by atoms with Crippen molar-refractivity contribution in [2.45, 2.75) is 147 Å². The lowest BCUT2D eigenvalue weighted by atomic mass is 9.93. The van der Waals surface area contributed by atoms with Gasteiger partial charge in [0, 0.05) is 39.7 Å². The van der Waals surface area contributed by atoms with Crippen LogP contribution in [0.25, 0.3) is 10.4 Å². The smallest absolute Gasteiger partial charge is 0.303 e. The molecule has 0 aromatic heterocycles. The average Bonchev–Trinajstić information content (AvgIpc) is 3.24. The van der Waals surface area contributed by atoms with Crippen molar-refractivity contribution in [3.8, 4) is 0 Å². The Morgan fingerprint density at radius 2 is 1.30 bits per heavy atom. The van der Waals surface area contributed by atoms with Gasteiger partial charge >= 0.3 is 23.9 Å². The fourth-order valence-corrected chi connectivity index (χ4v) is 10.3. The maximum Gasteiger partial charge on any atom is 0.303 e. The van der Waals surface area contributed by atoms with Gasteiger partial charge in [-0.2, -0.15) is 0 Å². The normalized spacial score (nSPS) is 26.9. The third kappa shape index (κ3) is 14.0. The number of nitrogens with zero attached hydrogens (tertiary/aromatic N) is 3. The van der Waals surface area contributed by atoms with Crippen molar-refractivity contribution < 1.29 is 71.0 Å². The first-order valence-electron chi connectivity index (χ1n) is 20.4. The summed E-state index contributed by atoms with van der Waals surface area (Å²) in [4.78, 5) is 52.8. The monoisotopic (exact) mass is 873 g/mol. The van der Waals surface area contributed by atoms with Gasteiger partial charge < -0.3 is 51.8 Å². The van der Waals surface area contributed by atoms with E-state index in [0.29, 0.717) is 18.1 Å². The zero-order valence-electron chi connectivity index (χ0n) is 36.0. The minimum absolute atomic E-state index is 0.0633. The van der Waals surface area contributed by atoms with Crippen LogP contribution < -0.4 is 0 Å². The molecule has 0 amide bonds. The van der Waals surface area contributed by atoms with Crippen LogP contribution in [0.1, 0.15) is 59.6 Å².